The van der Waals surface area contributed by atoms with Gasteiger partial charge in [-0.2, -0.15) is 0 Å². The molecule has 18 heavy (non-hydrogen) atoms. The summed E-state index contributed by atoms with van der Waals surface area (Å²) < 4.78 is 5.43. The molecule has 1 rings (SSSR count). The number of carbonyl (C=O) groups is 1. The second-order valence-electron chi connectivity index (χ2n) is 4.83. The Morgan fingerprint density at radius 2 is 2.17 bits per heavy atom. The fourth-order valence-corrected chi connectivity index (χ4v) is 1.61. The first-order valence-corrected chi connectivity index (χ1v) is 6.12. The van der Waals surface area contributed by atoms with Crippen molar-refractivity contribution in [3.05, 3.63) is 28.8 Å². The van der Waals surface area contributed by atoms with Crippen molar-refractivity contribution in [2.24, 2.45) is 5.73 Å². The summed E-state index contributed by atoms with van der Waals surface area (Å²) in [7, 11) is 0. The number of rotatable bonds is 5. The Kier molecular flexibility index (Phi) is 4.99. The number of halogens is 1. The summed E-state index contributed by atoms with van der Waals surface area (Å²) in [6.45, 7) is 5.93. The van der Waals surface area contributed by atoms with Crippen molar-refractivity contribution in [1.29, 1.82) is 0 Å². The molecular weight excluding hydrogens is 252 g/mol. The maximum absolute atomic E-state index is 11.7. The van der Waals surface area contributed by atoms with Crippen molar-refractivity contribution in [3.8, 4) is 5.75 Å². The summed E-state index contributed by atoms with van der Waals surface area (Å²) in [5.74, 6) is 0.458. The number of hydrogen-bond donors (Lipinski definition) is 2. The molecule has 0 aliphatic rings. The van der Waals surface area contributed by atoms with Crippen LogP contribution in [0, 0.1) is 6.92 Å². The Labute approximate surface area is 112 Å². The number of nitrogens with one attached hydrogen (secondary N) is 1. The highest BCUT2D eigenvalue weighted by molar-refractivity contribution is 6.30. The van der Waals surface area contributed by atoms with Gasteiger partial charge in [0.05, 0.1) is 0 Å². The number of nitrogens with two attached hydrogens (primary N) is 1. The Balaban J connectivity index is 2.53. The van der Waals surface area contributed by atoms with Crippen LogP contribution in [-0.2, 0) is 4.79 Å². The summed E-state index contributed by atoms with van der Waals surface area (Å²) in [6, 6.07) is 5.27. The second kappa shape index (κ2) is 6.07. The zero-order valence-electron chi connectivity index (χ0n) is 10.9. The molecule has 4 nitrogen and oxygen atoms in total. The van der Waals surface area contributed by atoms with Gasteiger partial charge in [-0.05, 0) is 44.5 Å². The van der Waals surface area contributed by atoms with Crippen molar-refractivity contribution in [2.75, 3.05) is 13.2 Å². The molecule has 5 heteroatoms. The minimum absolute atomic E-state index is 0.0358. The van der Waals surface area contributed by atoms with Crippen LogP contribution in [0.15, 0.2) is 18.2 Å². The van der Waals surface area contributed by atoms with E-state index < -0.39 is 5.54 Å². The Hall–Kier alpha value is -1.26. The van der Waals surface area contributed by atoms with Crippen LogP contribution in [0.2, 0.25) is 5.02 Å². The van der Waals surface area contributed by atoms with E-state index in [1.807, 2.05) is 20.8 Å². The van der Waals surface area contributed by atoms with Gasteiger partial charge in [0.2, 0.25) is 0 Å². The fourth-order valence-electron chi connectivity index (χ4n) is 1.38. The van der Waals surface area contributed by atoms with Crippen LogP contribution >= 0.6 is 11.6 Å². The molecule has 1 amide bonds. The zero-order valence-corrected chi connectivity index (χ0v) is 11.7. The predicted octanol–water partition coefficient (Wildman–Crippen LogP) is 1.88. The molecule has 0 heterocycles. The molecule has 1 aromatic carbocycles. The molecule has 0 aliphatic carbocycles. The van der Waals surface area contributed by atoms with Crippen LogP contribution in [0.5, 0.6) is 5.75 Å². The van der Waals surface area contributed by atoms with Crippen molar-refractivity contribution in [3.63, 3.8) is 0 Å². The Bertz CT molecular complexity index is 433. The van der Waals surface area contributed by atoms with Crippen LogP contribution in [0.4, 0.5) is 0 Å². The average Bonchev–Trinajstić information content (AvgIpc) is 2.27. The molecule has 0 spiro atoms. The number of aryl methyl sites for hydroxylation is 1. The smallest absolute Gasteiger partial charge is 0.258 e. The van der Waals surface area contributed by atoms with Gasteiger partial charge in [0.25, 0.3) is 5.91 Å². The number of benzene rings is 1. The maximum Gasteiger partial charge on any atom is 0.258 e. The highest BCUT2D eigenvalue weighted by atomic mass is 35.5. The van der Waals surface area contributed by atoms with E-state index in [1.54, 1.807) is 18.2 Å². The number of hydrogen-bond acceptors (Lipinski definition) is 3. The van der Waals surface area contributed by atoms with Crippen molar-refractivity contribution >= 4 is 17.5 Å². The maximum atomic E-state index is 11.7. The number of ether oxygens (including phenoxy) is 1. The van der Waals surface area contributed by atoms with Crippen LogP contribution in [-0.4, -0.2) is 24.6 Å². The van der Waals surface area contributed by atoms with E-state index in [0.29, 0.717) is 17.3 Å². The summed E-state index contributed by atoms with van der Waals surface area (Å²) in [5.41, 5.74) is 6.01. The van der Waals surface area contributed by atoms with Gasteiger partial charge in [-0.25, -0.2) is 0 Å². The van der Waals surface area contributed by atoms with E-state index in [1.165, 1.54) is 0 Å². The molecule has 100 valence electrons. The van der Waals surface area contributed by atoms with Crippen molar-refractivity contribution in [1.82, 2.24) is 5.32 Å². The molecule has 0 aliphatic heterocycles. The summed E-state index contributed by atoms with van der Waals surface area (Å²) >= 11 is 5.84. The lowest BCUT2D eigenvalue weighted by Gasteiger charge is -2.24. The topological polar surface area (TPSA) is 64.3 Å². The SMILES string of the molecule is Cc1cc(Cl)ccc1OCC(=O)NC(C)(C)CN. The highest BCUT2D eigenvalue weighted by Gasteiger charge is 2.18. The van der Waals surface area contributed by atoms with Gasteiger partial charge in [-0.15, -0.1) is 0 Å². The molecule has 0 saturated heterocycles. The van der Waals surface area contributed by atoms with Crippen molar-refractivity contribution in [2.45, 2.75) is 26.3 Å². The molecule has 3 N–H and O–H groups in total. The average molecular weight is 271 g/mol. The van der Waals surface area contributed by atoms with E-state index in [4.69, 9.17) is 22.1 Å². The third kappa shape index (κ3) is 4.55. The largest absolute Gasteiger partial charge is 0.484 e. The van der Waals surface area contributed by atoms with Gasteiger partial charge in [0.15, 0.2) is 6.61 Å². The van der Waals surface area contributed by atoms with Gasteiger partial charge in [0.1, 0.15) is 5.75 Å². The normalized spacial score (nSPS) is 11.2. The monoisotopic (exact) mass is 270 g/mol. The third-order valence-electron chi connectivity index (χ3n) is 2.48. The number of amides is 1. The molecule has 0 bridgehead atoms. The van der Waals surface area contributed by atoms with Gasteiger partial charge < -0.3 is 15.8 Å². The summed E-state index contributed by atoms with van der Waals surface area (Å²) in [4.78, 5) is 11.7. The zero-order chi connectivity index (χ0) is 13.8. The first kappa shape index (κ1) is 14.8. The molecule has 0 radical (unpaired) electrons. The van der Waals surface area contributed by atoms with Crippen molar-refractivity contribution < 1.29 is 9.53 Å². The lowest BCUT2D eigenvalue weighted by Crippen LogP contribution is -2.50. The van der Waals surface area contributed by atoms with E-state index in [9.17, 15) is 4.79 Å². The minimum atomic E-state index is -0.421. The molecule has 0 fully saturated rings. The van der Waals surface area contributed by atoms with E-state index in [0.717, 1.165) is 5.56 Å². The van der Waals surface area contributed by atoms with E-state index in [2.05, 4.69) is 5.32 Å². The predicted molar refractivity (Wildman–Crippen MR) is 73.0 cm³/mol. The van der Waals surface area contributed by atoms with Crippen LogP contribution in [0.1, 0.15) is 19.4 Å². The molecule has 0 unspecified atom stereocenters. The van der Waals surface area contributed by atoms with Gasteiger partial charge >= 0.3 is 0 Å². The minimum Gasteiger partial charge on any atom is -0.484 e. The quantitative estimate of drug-likeness (QED) is 0.859. The second-order valence-corrected chi connectivity index (χ2v) is 5.27. The van der Waals surface area contributed by atoms with E-state index >= 15 is 0 Å². The Morgan fingerprint density at radius 3 is 2.72 bits per heavy atom. The van der Waals surface area contributed by atoms with Crippen LogP contribution in [0.3, 0.4) is 0 Å². The van der Waals surface area contributed by atoms with Gasteiger partial charge in [-0.1, -0.05) is 11.6 Å². The number of carbonyl (C=O) groups excluding carboxylic acids is 1. The van der Waals surface area contributed by atoms with E-state index in [-0.39, 0.29) is 12.5 Å². The summed E-state index contributed by atoms with van der Waals surface area (Å²) in [5, 5.41) is 3.44. The third-order valence-corrected chi connectivity index (χ3v) is 2.72. The lowest BCUT2D eigenvalue weighted by molar-refractivity contribution is -0.124. The van der Waals surface area contributed by atoms with Gasteiger partial charge in [-0.3, -0.25) is 4.79 Å². The summed E-state index contributed by atoms with van der Waals surface area (Å²) in [6.07, 6.45) is 0. The molecule has 0 atom stereocenters. The highest BCUT2D eigenvalue weighted by Crippen LogP contribution is 2.21. The fraction of sp³-hybridized carbons (Fsp3) is 0.462. The lowest BCUT2D eigenvalue weighted by atomic mass is 10.1. The molecular formula is C13H19ClN2O2. The standard InChI is InChI=1S/C13H19ClN2O2/c1-9-6-10(14)4-5-11(9)18-7-12(17)16-13(2,3)8-15/h4-6H,7-8,15H2,1-3H3,(H,16,17). The molecule has 0 saturated carbocycles. The first-order chi connectivity index (χ1) is 8.34. The van der Waals surface area contributed by atoms with Gasteiger partial charge in [0, 0.05) is 17.1 Å². The Morgan fingerprint density at radius 1 is 1.50 bits per heavy atom. The molecule has 0 aromatic heterocycles. The van der Waals surface area contributed by atoms with Crippen LogP contribution < -0.4 is 15.8 Å². The molecule has 1 aromatic rings. The van der Waals surface area contributed by atoms with Crippen LogP contribution in [0.25, 0.3) is 0 Å². The first-order valence-electron chi connectivity index (χ1n) is 5.74.